The van der Waals surface area contributed by atoms with Crippen molar-refractivity contribution in [2.24, 2.45) is 5.41 Å². The maximum absolute atomic E-state index is 5.72. The fourth-order valence-electron chi connectivity index (χ4n) is 3.31. The molecule has 3 atom stereocenters. The Morgan fingerprint density at radius 3 is 2.89 bits per heavy atom. The lowest BCUT2D eigenvalue weighted by atomic mass is 9.64. The van der Waals surface area contributed by atoms with Gasteiger partial charge in [-0.3, -0.25) is 0 Å². The smallest absolute Gasteiger partial charge is 0.122 e. The zero-order valence-corrected chi connectivity index (χ0v) is 12.0. The van der Waals surface area contributed by atoms with Gasteiger partial charge >= 0.3 is 0 Å². The van der Waals surface area contributed by atoms with Gasteiger partial charge in [-0.1, -0.05) is 32.0 Å². The number of rotatable bonds is 4. The number of para-hydroxylation sites is 1. The van der Waals surface area contributed by atoms with E-state index < -0.39 is 0 Å². The lowest BCUT2D eigenvalue weighted by molar-refractivity contribution is -0.0976. The summed E-state index contributed by atoms with van der Waals surface area (Å²) in [6.45, 7) is 6.34. The molecule has 3 unspecified atom stereocenters. The topological polar surface area (TPSA) is 30.5 Å². The molecule has 104 valence electrons. The summed E-state index contributed by atoms with van der Waals surface area (Å²) in [4.78, 5) is 0. The SMILES string of the molecule is COC1CC(NCC2COc3ccccc32)C1(C)C. The van der Waals surface area contributed by atoms with E-state index in [9.17, 15) is 0 Å². The van der Waals surface area contributed by atoms with Gasteiger partial charge in [0, 0.05) is 36.6 Å². The second kappa shape index (κ2) is 4.80. The predicted molar refractivity (Wildman–Crippen MR) is 75.7 cm³/mol. The Kier molecular flexibility index (Phi) is 3.27. The Bertz CT molecular complexity index is 458. The van der Waals surface area contributed by atoms with E-state index in [0.717, 1.165) is 25.3 Å². The molecule has 0 radical (unpaired) electrons. The molecule has 3 rings (SSSR count). The first-order chi connectivity index (χ1) is 9.13. The zero-order valence-electron chi connectivity index (χ0n) is 12.0. The average molecular weight is 261 g/mol. The molecule has 0 amide bonds. The fourth-order valence-corrected chi connectivity index (χ4v) is 3.31. The van der Waals surface area contributed by atoms with Gasteiger partial charge in [0.15, 0.2) is 0 Å². The van der Waals surface area contributed by atoms with Crippen LogP contribution in [-0.4, -0.2) is 32.4 Å². The van der Waals surface area contributed by atoms with Crippen LogP contribution in [-0.2, 0) is 4.74 Å². The van der Waals surface area contributed by atoms with Crippen LogP contribution in [0, 0.1) is 5.41 Å². The zero-order chi connectivity index (χ0) is 13.5. The van der Waals surface area contributed by atoms with Crippen molar-refractivity contribution in [3.05, 3.63) is 29.8 Å². The van der Waals surface area contributed by atoms with Crippen LogP contribution in [0.4, 0.5) is 0 Å². The number of benzene rings is 1. The minimum atomic E-state index is 0.230. The van der Waals surface area contributed by atoms with Crippen molar-refractivity contribution in [2.45, 2.75) is 38.3 Å². The summed E-state index contributed by atoms with van der Waals surface area (Å²) in [6.07, 6.45) is 1.50. The molecule has 1 N–H and O–H groups in total. The van der Waals surface area contributed by atoms with E-state index in [0.29, 0.717) is 18.1 Å². The maximum Gasteiger partial charge on any atom is 0.122 e. The van der Waals surface area contributed by atoms with Gasteiger partial charge in [0.25, 0.3) is 0 Å². The van der Waals surface area contributed by atoms with Crippen molar-refractivity contribution in [3.63, 3.8) is 0 Å². The van der Waals surface area contributed by atoms with Crippen molar-refractivity contribution in [2.75, 3.05) is 20.3 Å². The third-order valence-corrected chi connectivity index (χ3v) is 4.87. The molecule has 1 saturated carbocycles. The van der Waals surface area contributed by atoms with Gasteiger partial charge in [0.05, 0.1) is 12.7 Å². The summed E-state index contributed by atoms with van der Waals surface area (Å²) in [7, 11) is 1.81. The Labute approximate surface area is 115 Å². The molecule has 0 aromatic heterocycles. The van der Waals surface area contributed by atoms with Gasteiger partial charge in [-0.2, -0.15) is 0 Å². The number of hydrogen-bond donors (Lipinski definition) is 1. The Hall–Kier alpha value is -1.06. The standard InChI is InChI=1S/C16H23NO2/c1-16(2)14(8-15(16)18-3)17-9-11-10-19-13-7-5-4-6-12(11)13/h4-7,11,14-15,17H,8-10H2,1-3H3. The predicted octanol–water partition coefficient (Wildman–Crippen LogP) is 2.57. The second-order valence-electron chi connectivity index (χ2n) is 6.29. The van der Waals surface area contributed by atoms with Gasteiger partial charge in [0.2, 0.25) is 0 Å². The minimum absolute atomic E-state index is 0.230. The van der Waals surface area contributed by atoms with E-state index in [1.54, 1.807) is 0 Å². The van der Waals surface area contributed by atoms with E-state index in [1.807, 2.05) is 13.2 Å². The van der Waals surface area contributed by atoms with E-state index >= 15 is 0 Å². The van der Waals surface area contributed by atoms with Crippen LogP contribution in [0.15, 0.2) is 24.3 Å². The quantitative estimate of drug-likeness (QED) is 0.903. The molecule has 0 spiro atoms. The van der Waals surface area contributed by atoms with Gasteiger partial charge < -0.3 is 14.8 Å². The molecule has 0 bridgehead atoms. The average Bonchev–Trinajstić information content (AvgIpc) is 2.81. The highest BCUT2D eigenvalue weighted by Gasteiger charge is 2.48. The summed E-state index contributed by atoms with van der Waals surface area (Å²) in [6, 6.07) is 8.91. The summed E-state index contributed by atoms with van der Waals surface area (Å²) in [5.41, 5.74) is 1.57. The van der Waals surface area contributed by atoms with E-state index in [2.05, 4.69) is 37.4 Å². The summed E-state index contributed by atoms with van der Waals surface area (Å²) in [5, 5.41) is 3.70. The molecule has 3 nitrogen and oxygen atoms in total. The van der Waals surface area contributed by atoms with Crippen molar-refractivity contribution in [3.8, 4) is 5.75 Å². The Morgan fingerprint density at radius 1 is 1.37 bits per heavy atom. The van der Waals surface area contributed by atoms with Crippen LogP contribution in [0.2, 0.25) is 0 Å². The largest absolute Gasteiger partial charge is 0.493 e. The van der Waals surface area contributed by atoms with Gasteiger partial charge in [-0.25, -0.2) is 0 Å². The first kappa shape index (κ1) is 12.9. The number of hydrogen-bond acceptors (Lipinski definition) is 3. The van der Waals surface area contributed by atoms with E-state index in [-0.39, 0.29) is 5.41 Å². The molecule has 1 fully saturated rings. The number of fused-ring (bicyclic) bond motifs is 1. The molecule has 2 aliphatic rings. The van der Waals surface area contributed by atoms with Crippen molar-refractivity contribution >= 4 is 0 Å². The molecule has 1 heterocycles. The normalized spacial score (nSPS) is 31.4. The molecule has 3 heteroatoms. The highest BCUT2D eigenvalue weighted by Crippen LogP contribution is 2.43. The first-order valence-corrected chi connectivity index (χ1v) is 7.11. The summed E-state index contributed by atoms with van der Waals surface area (Å²) < 4.78 is 11.2. The van der Waals surface area contributed by atoms with Crippen LogP contribution < -0.4 is 10.1 Å². The minimum Gasteiger partial charge on any atom is -0.493 e. The molecular weight excluding hydrogens is 238 g/mol. The molecule has 1 aliphatic heterocycles. The third kappa shape index (κ3) is 2.15. The van der Waals surface area contributed by atoms with Gasteiger partial charge in [-0.15, -0.1) is 0 Å². The van der Waals surface area contributed by atoms with Crippen molar-refractivity contribution in [1.82, 2.24) is 5.32 Å². The fraction of sp³-hybridized carbons (Fsp3) is 0.625. The molecule has 19 heavy (non-hydrogen) atoms. The van der Waals surface area contributed by atoms with Gasteiger partial charge in [0.1, 0.15) is 5.75 Å². The molecular formula is C16H23NO2. The van der Waals surface area contributed by atoms with Crippen LogP contribution in [0.1, 0.15) is 31.7 Å². The highest BCUT2D eigenvalue weighted by molar-refractivity contribution is 5.39. The molecule has 1 aliphatic carbocycles. The molecule has 1 aromatic carbocycles. The lowest BCUT2D eigenvalue weighted by Crippen LogP contribution is -2.61. The molecule has 1 aromatic rings. The summed E-state index contributed by atoms with van der Waals surface area (Å²) >= 11 is 0. The maximum atomic E-state index is 5.72. The first-order valence-electron chi connectivity index (χ1n) is 7.11. The van der Waals surface area contributed by atoms with Crippen LogP contribution in [0.5, 0.6) is 5.75 Å². The highest BCUT2D eigenvalue weighted by atomic mass is 16.5. The van der Waals surface area contributed by atoms with Gasteiger partial charge in [-0.05, 0) is 12.5 Å². The molecule has 0 saturated heterocycles. The lowest BCUT2D eigenvalue weighted by Gasteiger charge is -2.51. The van der Waals surface area contributed by atoms with Crippen LogP contribution in [0.3, 0.4) is 0 Å². The van der Waals surface area contributed by atoms with E-state index in [4.69, 9.17) is 9.47 Å². The van der Waals surface area contributed by atoms with E-state index in [1.165, 1.54) is 5.56 Å². The number of ether oxygens (including phenoxy) is 2. The summed E-state index contributed by atoms with van der Waals surface area (Å²) in [5.74, 6) is 1.53. The van der Waals surface area contributed by atoms with Crippen molar-refractivity contribution < 1.29 is 9.47 Å². The monoisotopic (exact) mass is 261 g/mol. The third-order valence-electron chi connectivity index (χ3n) is 4.87. The van der Waals surface area contributed by atoms with Crippen LogP contribution >= 0.6 is 0 Å². The second-order valence-corrected chi connectivity index (χ2v) is 6.29. The number of methoxy groups -OCH3 is 1. The number of nitrogens with one attached hydrogen (secondary N) is 1. The Morgan fingerprint density at radius 2 is 2.16 bits per heavy atom. The Balaban J connectivity index is 1.58. The van der Waals surface area contributed by atoms with Crippen LogP contribution in [0.25, 0.3) is 0 Å². The van der Waals surface area contributed by atoms with Crippen molar-refractivity contribution in [1.29, 1.82) is 0 Å².